The second-order valence-electron chi connectivity index (χ2n) is 7.63. The van der Waals surface area contributed by atoms with E-state index in [0.717, 1.165) is 41.2 Å². The first-order valence-corrected chi connectivity index (χ1v) is 10.4. The number of hydrogen-bond donors (Lipinski definition) is 0. The number of benzene rings is 3. The van der Waals surface area contributed by atoms with E-state index in [9.17, 15) is 4.79 Å². The van der Waals surface area contributed by atoms with Gasteiger partial charge in [0.2, 0.25) is 0 Å². The van der Waals surface area contributed by atoms with Gasteiger partial charge < -0.3 is 14.5 Å². The van der Waals surface area contributed by atoms with E-state index in [2.05, 4.69) is 22.0 Å². The Morgan fingerprint density at radius 2 is 1.52 bits per heavy atom. The van der Waals surface area contributed by atoms with Crippen LogP contribution in [0, 0.1) is 0 Å². The summed E-state index contributed by atoms with van der Waals surface area (Å²) in [6, 6.07) is 23.9. The lowest BCUT2D eigenvalue weighted by atomic mass is 10.1. The molecule has 4 aromatic rings. The molecule has 0 N–H and O–H groups in total. The van der Waals surface area contributed by atoms with Gasteiger partial charge in [0.25, 0.3) is 5.91 Å². The third-order valence-electron chi connectivity index (χ3n) is 5.85. The highest BCUT2D eigenvalue weighted by molar-refractivity contribution is 5.94. The predicted molar refractivity (Wildman–Crippen MR) is 122 cm³/mol. The molecule has 6 nitrogen and oxygen atoms in total. The molecule has 1 amide bonds. The number of methoxy groups -OCH3 is 1. The summed E-state index contributed by atoms with van der Waals surface area (Å²) in [5.74, 6) is 0.932. The van der Waals surface area contributed by atoms with Crippen LogP contribution in [0.15, 0.2) is 79.1 Å². The number of carbonyl (C=O) groups excluding carboxylic acids is 1. The molecule has 0 radical (unpaired) electrons. The first-order valence-electron chi connectivity index (χ1n) is 10.4. The van der Waals surface area contributed by atoms with Crippen LogP contribution in [-0.2, 0) is 0 Å². The minimum Gasteiger partial charge on any atom is -0.497 e. The molecule has 0 atom stereocenters. The standard InChI is InChI=1S/C25H24N4O2/c1-31-22-12-10-20(11-13-22)27-14-16-28(17-15-27)25(30)19-6-8-21(9-7-19)29-18-26-23-4-2-3-5-24(23)29/h2-13,18H,14-17H2,1H3. The number of anilines is 1. The molecule has 0 unspecified atom stereocenters. The van der Waals surface area contributed by atoms with E-state index in [1.807, 2.05) is 76.5 Å². The average Bonchev–Trinajstić information content (AvgIpc) is 3.28. The first-order chi connectivity index (χ1) is 15.2. The summed E-state index contributed by atoms with van der Waals surface area (Å²) in [6.07, 6.45) is 1.82. The van der Waals surface area contributed by atoms with Crippen LogP contribution in [0.4, 0.5) is 5.69 Å². The molecule has 0 aliphatic carbocycles. The highest BCUT2D eigenvalue weighted by atomic mass is 16.5. The monoisotopic (exact) mass is 412 g/mol. The van der Waals surface area contributed by atoms with Gasteiger partial charge in [-0.3, -0.25) is 9.36 Å². The third kappa shape index (κ3) is 3.72. The smallest absolute Gasteiger partial charge is 0.253 e. The maximum Gasteiger partial charge on any atom is 0.253 e. The van der Waals surface area contributed by atoms with Gasteiger partial charge >= 0.3 is 0 Å². The number of aromatic nitrogens is 2. The zero-order valence-electron chi connectivity index (χ0n) is 17.4. The number of para-hydroxylation sites is 2. The van der Waals surface area contributed by atoms with Gasteiger partial charge in [0.05, 0.1) is 18.1 Å². The predicted octanol–water partition coefficient (Wildman–Crippen LogP) is 4.00. The summed E-state index contributed by atoms with van der Waals surface area (Å²) in [4.78, 5) is 21.7. The highest BCUT2D eigenvalue weighted by Gasteiger charge is 2.22. The van der Waals surface area contributed by atoms with Crippen molar-refractivity contribution in [3.8, 4) is 11.4 Å². The molecular formula is C25H24N4O2. The molecule has 31 heavy (non-hydrogen) atoms. The molecule has 1 fully saturated rings. The number of hydrogen-bond acceptors (Lipinski definition) is 4. The molecule has 1 aliphatic heterocycles. The number of fused-ring (bicyclic) bond motifs is 1. The molecule has 0 bridgehead atoms. The Bertz CT molecular complexity index is 1190. The second-order valence-corrected chi connectivity index (χ2v) is 7.63. The molecule has 0 saturated carbocycles. The maximum atomic E-state index is 13.0. The van der Waals surface area contributed by atoms with E-state index < -0.39 is 0 Å². The summed E-state index contributed by atoms with van der Waals surface area (Å²) in [5, 5.41) is 0. The Hall–Kier alpha value is -3.80. The van der Waals surface area contributed by atoms with E-state index >= 15 is 0 Å². The molecule has 6 heteroatoms. The van der Waals surface area contributed by atoms with Crippen molar-refractivity contribution >= 4 is 22.6 Å². The minimum atomic E-state index is 0.0800. The van der Waals surface area contributed by atoms with Gasteiger partial charge in [-0.15, -0.1) is 0 Å². The van der Waals surface area contributed by atoms with Crippen molar-refractivity contribution in [2.75, 3.05) is 38.2 Å². The summed E-state index contributed by atoms with van der Waals surface area (Å²) in [5.41, 5.74) is 4.87. The maximum absolute atomic E-state index is 13.0. The first kappa shape index (κ1) is 19.2. The second kappa shape index (κ2) is 8.14. The van der Waals surface area contributed by atoms with Crippen molar-refractivity contribution in [3.63, 3.8) is 0 Å². The van der Waals surface area contributed by atoms with Gasteiger partial charge in [-0.1, -0.05) is 12.1 Å². The van der Waals surface area contributed by atoms with Crippen LogP contribution in [0.3, 0.4) is 0 Å². The van der Waals surface area contributed by atoms with Crippen molar-refractivity contribution in [1.82, 2.24) is 14.5 Å². The Morgan fingerprint density at radius 3 is 2.23 bits per heavy atom. The average molecular weight is 412 g/mol. The quantitative estimate of drug-likeness (QED) is 0.509. The van der Waals surface area contributed by atoms with Crippen LogP contribution in [0.2, 0.25) is 0 Å². The molecule has 1 aliphatic rings. The van der Waals surface area contributed by atoms with Gasteiger partial charge in [0.1, 0.15) is 12.1 Å². The number of ether oxygens (including phenoxy) is 1. The van der Waals surface area contributed by atoms with Crippen LogP contribution < -0.4 is 9.64 Å². The normalized spacial score (nSPS) is 14.1. The van der Waals surface area contributed by atoms with E-state index in [1.165, 1.54) is 0 Å². The lowest BCUT2D eigenvalue weighted by molar-refractivity contribution is 0.0747. The Kier molecular flexibility index (Phi) is 5.04. The van der Waals surface area contributed by atoms with Crippen molar-refractivity contribution in [1.29, 1.82) is 0 Å². The number of amides is 1. The van der Waals surface area contributed by atoms with E-state index in [-0.39, 0.29) is 5.91 Å². The fraction of sp³-hybridized carbons (Fsp3) is 0.200. The van der Waals surface area contributed by atoms with Crippen LogP contribution in [0.25, 0.3) is 16.7 Å². The van der Waals surface area contributed by atoms with Gasteiger partial charge in [-0.05, 0) is 60.7 Å². The number of nitrogens with zero attached hydrogens (tertiary/aromatic N) is 4. The Morgan fingerprint density at radius 1 is 0.839 bits per heavy atom. The fourth-order valence-corrected chi connectivity index (χ4v) is 4.07. The van der Waals surface area contributed by atoms with Crippen molar-refractivity contribution in [2.24, 2.45) is 0 Å². The van der Waals surface area contributed by atoms with Gasteiger partial charge in [-0.25, -0.2) is 4.98 Å². The van der Waals surface area contributed by atoms with Crippen LogP contribution in [0.5, 0.6) is 5.75 Å². The summed E-state index contributed by atoms with van der Waals surface area (Å²) < 4.78 is 7.27. The number of rotatable bonds is 4. The Labute approximate surface area is 181 Å². The third-order valence-corrected chi connectivity index (χ3v) is 5.85. The molecule has 0 spiro atoms. The zero-order valence-corrected chi connectivity index (χ0v) is 17.4. The molecule has 5 rings (SSSR count). The highest BCUT2D eigenvalue weighted by Crippen LogP contribution is 2.22. The Balaban J connectivity index is 1.25. The topological polar surface area (TPSA) is 50.6 Å². The van der Waals surface area contributed by atoms with Crippen LogP contribution >= 0.6 is 0 Å². The van der Waals surface area contributed by atoms with Gasteiger partial charge in [0.15, 0.2) is 0 Å². The van der Waals surface area contributed by atoms with Crippen molar-refractivity contribution in [2.45, 2.75) is 0 Å². The molecule has 2 heterocycles. The molecular weight excluding hydrogens is 388 g/mol. The summed E-state index contributed by atoms with van der Waals surface area (Å²) in [6.45, 7) is 3.05. The van der Waals surface area contributed by atoms with Crippen LogP contribution in [-0.4, -0.2) is 53.6 Å². The lowest BCUT2D eigenvalue weighted by Gasteiger charge is -2.36. The lowest BCUT2D eigenvalue weighted by Crippen LogP contribution is -2.48. The zero-order chi connectivity index (χ0) is 21.2. The number of piperazine rings is 1. The van der Waals surface area contributed by atoms with Crippen LogP contribution in [0.1, 0.15) is 10.4 Å². The van der Waals surface area contributed by atoms with Crippen molar-refractivity contribution in [3.05, 3.63) is 84.7 Å². The van der Waals surface area contributed by atoms with E-state index in [1.54, 1.807) is 7.11 Å². The van der Waals surface area contributed by atoms with E-state index in [4.69, 9.17) is 4.74 Å². The molecule has 1 saturated heterocycles. The van der Waals surface area contributed by atoms with Gasteiger partial charge in [-0.2, -0.15) is 0 Å². The van der Waals surface area contributed by atoms with Gasteiger partial charge in [0, 0.05) is 43.1 Å². The summed E-state index contributed by atoms with van der Waals surface area (Å²) >= 11 is 0. The fourth-order valence-electron chi connectivity index (χ4n) is 4.07. The van der Waals surface area contributed by atoms with E-state index in [0.29, 0.717) is 18.7 Å². The summed E-state index contributed by atoms with van der Waals surface area (Å²) in [7, 11) is 1.67. The molecule has 156 valence electrons. The number of imidazole rings is 1. The molecule has 1 aromatic heterocycles. The largest absolute Gasteiger partial charge is 0.497 e. The minimum absolute atomic E-state index is 0.0800. The SMILES string of the molecule is COc1ccc(N2CCN(C(=O)c3ccc(-n4cnc5ccccc54)cc3)CC2)cc1. The number of carbonyl (C=O) groups is 1. The van der Waals surface area contributed by atoms with Crippen molar-refractivity contribution < 1.29 is 9.53 Å². The molecule has 3 aromatic carbocycles.